The van der Waals surface area contributed by atoms with Crippen molar-refractivity contribution in [1.82, 2.24) is 4.90 Å². The summed E-state index contributed by atoms with van der Waals surface area (Å²) < 4.78 is 5.41. The number of morpholine rings is 1. The van der Waals surface area contributed by atoms with Gasteiger partial charge in [0, 0.05) is 31.9 Å². The first-order chi connectivity index (χ1) is 10.6. The Labute approximate surface area is 132 Å². The highest BCUT2D eigenvalue weighted by Gasteiger charge is 2.36. The van der Waals surface area contributed by atoms with Gasteiger partial charge in [-0.05, 0) is 30.5 Å². The Morgan fingerprint density at radius 3 is 2.68 bits per heavy atom. The van der Waals surface area contributed by atoms with Crippen LogP contribution in [0.2, 0.25) is 0 Å². The number of ether oxygens (including phenoxy) is 1. The lowest BCUT2D eigenvalue weighted by Gasteiger charge is -2.31. The average Bonchev–Trinajstić information content (AvgIpc) is 2.98. The predicted molar refractivity (Wildman–Crippen MR) is 87.2 cm³/mol. The van der Waals surface area contributed by atoms with Crippen molar-refractivity contribution in [3.63, 3.8) is 0 Å². The molecule has 2 N–H and O–H groups in total. The van der Waals surface area contributed by atoms with E-state index < -0.39 is 0 Å². The number of carbonyl (C=O) groups excluding carboxylic acids is 1. The van der Waals surface area contributed by atoms with Crippen molar-refractivity contribution < 1.29 is 9.53 Å². The van der Waals surface area contributed by atoms with Crippen molar-refractivity contribution in [3.05, 3.63) is 29.8 Å². The molecule has 0 saturated carbocycles. The molecule has 3 rings (SSSR count). The van der Waals surface area contributed by atoms with Crippen LogP contribution in [0.15, 0.2) is 24.3 Å². The summed E-state index contributed by atoms with van der Waals surface area (Å²) in [6.45, 7) is 7.45. The van der Waals surface area contributed by atoms with Gasteiger partial charge in [0.2, 0.25) is 0 Å². The van der Waals surface area contributed by atoms with E-state index in [1.165, 1.54) is 0 Å². The predicted octanol–water partition coefficient (Wildman–Crippen LogP) is 1.33. The fraction of sp³-hybridized carbons (Fsp3) is 0.588. The third-order valence-corrected chi connectivity index (χ3v) is 4.82. The van der Waals surface area contributed by atoms with Gasteiger partial charge in [-0.15, -0.1) is 0 Å². The molecule has 1 aromatic rings. The fourth-order valence-electron chi connectivity index (χ4n) is 3.27. The van der Waals surface area contributed by atoms with E-state index in [1.54, 1.807) is 0 Å². The number of hydrogen-bond acceptors (Lipinski definition) is 4. The molecular weight excluding hydrogens is 278 g/mol. The zero-order valence-electron chi connectivity index (χ0n) is 13.3. The van der Waals surface area contributed by atoms with Gasteiger partial charge < -0.3 is 20.3 Å². The lowest BCUT2D eigenvalue weighted by Crippen LogP contribution is -2.39. The molecule has 1 unspecified atom stereocenters. The minimum absolute atomic E-state index is 0.0591. The minimum atomic E-state index is 0.0591. The Bertz CT molecular complexity index is 542. The molecule has 2 heterocycles. The number of para-hydroxylation sites is 1. The van der Waals surface area contributed by atoms with E-state index in [2.05, 4.69) is 11.8 Å². The van der Waals surface area contributed by atoms with Crippen molar-refractivity contribution in [1.29, 1.82) is 0 Å². The molecule has 5 heteroatoms. The standard InChI is InChI=1S/C17H25N3O2/c1-17(12-18)6-7-20(13-17)16(21)14-4-2-3-5-15(14)19-8-10-22-11-9-19/h2-5H,6-13,18H2,1H3. The molecule has 2 aliphatic heterocycles. The van der Waals surface area contributed by atoms with Crippen molar-refractivity contribution in [3.8, 4) is 0 Å². The molecule has 0 spiro atoms. The second-order valence-corrected chi connectivity index (χ2v) is 6.61. The van der Waals surface area contributed by atoms with E-state index in [1.807, 2.05) is 29.2 Å². The van der Waals surface area contributed by atoms with Crippen LogP contribution in [0.1, 0.15) is 23.7 Å². The number of anilines is 1. The maximum absolute atomic E-state index is 12.9. The number of benzene rings is 1. The summed E-state index contributed by atoms with van der Waals surface area (Å²) >= 11 is 0. The van der Waals surface area contributed by atoms with E-state index in [-0.39, 0.29) is 11.3 Å². The topological polar surface area (TPSA) is 58.8 Å². The van der Waals surface area contributed by atoms with Crippen LogP contribution >= 0.6 is 0 Å². The van der Waals surface area contributed by atoms with E-state index >= 15 is 0 Å². The molecule has 1 amide bonds. The highest BCUT2D eigenvalue weighted by Crippen LogP contribution is 2.31. The summed E-state index contributed by atoms with van der Waals surface area (Å²) in [4.78, 5) is 17.1. The largest absolute Gasteiger partial charge is 0.378 e. The van der Waals surface area contributed by atoms with Crippen LogP contribution < -0.4 is 10.6 Å². The number of rotatable bonds is 3. The van der Waals surface area contributed by atoms with Crippen LogP contribution in [-0.4, -0.2) is 56.7 Å². The first-order valence-corrected chi connectivity index (χ1v) is 8.04. The van der Waals surface area contributed by atoms with E-state index in [0.717, 1.165) is 57.1 Å². The van der Waals surface area contributed by atoms with Crippen molar-refractivity contribution in [2.45, 2.75) is 13.3 Å². The van der Waals surface area contributed by atoms with Crippen molar-refractivity contribution in [2.24, 2.45) is 11.1 Å². The summed E-state index contributed by atoms with van der Waals surface area (Å²) in [5, 5.41) is 0. The van der Waals surface area contributed by atoms with Crippen LogP contribution in [0, 0.1) is 5.41 Å². The Balaban J connectivity index is 1.81. The maximum atomic E-state index is 12.9. The van der Waals surface area contributed by atoms with Crippen LogP contribution in [-0.2, 0) is 4.74 Å². The number of carbonyl (C=O) groups is 1. The summed E-state index contributed by atoms with van der Waals surface area (Å²) in [5.74, 6) is 0.124. The second kappa shape index (κ2) is 6.26. The van der Waals surface area contributed by atoms with E-state index in [9.17, 15) is 4.79 Å². The van der Waals surface area contributed by atoms with Gasteiger partial charge in [-0.3, -0.25) is 4.79 Å². The molecule has 0 aliphatic carbocycles. The van der Waals surface area contributed by atoms with E-state index in [4.69, 9.17) is 10.5 Å². The molecule has 0 aromatic heterocycles. The monoisotopic (exact) mass is 303 g/mol. The fourth-order valence-corrected chi connectivity index (χ4v) is 3.27. The van der Waals surface area contributed by atoms with Gasteiger partial charge in [0.15, 0.2) is 0 Å². The average molecular weight is 303 g/mol. The Hall–Kier alpha value is -1.59. The number of amides is 1. The quantitative estimate of drug-likeness (QED) is 0.915. The molecule has 0 bridgehead atoms. The molecule has 5 nitrogen and oxygen atoms in total. The molecular formula is C17H25N3O2. The van der Waals surface area contributed by atoms with Gasteiger partial charge >= 0.3 is 0 Å². The molecule has 2 saturated heterocycles. The first-order valence-electron chi connectivity index (χ1n) is 8.04. The van der Waals surface area contributed by atoms with Gasteiger partial charge in [-0.25, -0.2) is 0 Å². The van der Waals surface area contributed by atoms with Crippen LogP contribution in [0.4, 0.5) is 5.69 Å². The summed E-state index contributed by atoms with van der Waals surface area (Å²) in [7, 11) is 0. The van der Waals surface area contributed by atoms with Gasteiger partial charge in [-0.1, -0.05) is 19.1 Å². The molecule has 2 fully saturated rings. The second-order valence-electron chi connectivity index (χ2n) is 6.61. The van der Waals surface area contributed by atoms with Gasteiger partial charge in [0.25, 0.3) is 5.91 Å². The Morgan fingerprint density at radius 1 is 1.27 bits per heavy atom. The third kappa shape index (κ3) is 2.96. The van der Waals surface area contributed by atoms with Crippen LogP contribution in [0.3, 0.4) is 0 Å². The van der Waals surface area contributed by atoms with Gasteiger partial charge in [-0.2, -0.15) is 0 Å². The zero-order chi connectivity index (χ0) is 15.6. The number of hydrogen-bond donors (Lipinski definition) is 1. The van der Waals surface area contributed by atoms with Crippen molar-refractivity contribution in [2.75, 3.05) is 50.8 Å². The lowest BCUT2D eigenvalue weighted by molar-refractivity contribution is 0.0776. The molecule has 1 atom stereocenters. The number of nitrogens with zero attached hydrogens (tertiary/aromatic N) is 2. The smallest absolute Gasteiger partial charge is 0.255 e. The third-order valence-electron chi connectivity index (χ3n) is 4.82. The summed E-state index contributed by atoms with van der Waals surface area (Å²) in [5.41, 5.74) is 7.74. The minimum Gasteiger partial charge on any atom is -0.378 e. The summed E-state index contributed by atoms with van der Waals surface area (Å²) in [6.07, 6.45) is 0.981. The van der Waals surface area contributed by atoms with E-state index in [0.29, 0.717) is 6.54 Å². The van der Waals surface area contributed by atoms with Crippen molar-refractivity contribution >= 4 is 11.6 Å². The Kier molecular flexibility index (Phi) is 4.36. The molecule has 22 heavy (non-hydrogen) atoms. The van der Waals surface area contributed by atoms with Crippen LogP contribution in [0.5, 0.6) is 0 Å². The Morgan fingerprint density at radius 2 is 2.00 bits per heavy atom. The highest BCUT2D eigenvalue weighted by atomic mass is 16.5. The molecule has 2 aliphatic rings. The van der Waals surface area contributed by atoms with Gasteiger partial charge in [0.1, 0.15) is 0 Å². The molecule has 1 aromatic carbocycles. The van der Waals surface area contributed by atoms with Gasteiger partial charge in [0.05, 0.1) is 18.8 Å². The zero-order valence-corrected chi connectivity index (χ0v) is 13.3. The van der Waals surface area contributed by atoms with Crippen LogP contribution in [0.25, 0.3) is 0 Å². The normalized spacial score (nSPS) is 25.5. The first kappa shape index (κ1) is 15.3. The lowest BCUT2D eigenvalue weighted by atomic mass is 9.90. The highest BCUT2D eigenvalue weighted by molar-refractivity contribution is 6.00. The molecule has 0 radical (unpaired) electrons. The number of nitrogens with two attached hydrogens (primary N) is 1. The maximum Gasteiger partial charge on any atom is 0.255 e. The molecule has 120 valence electrons. The SMILES string of the molecule is CC1(CN)CCN(C(=O)c2ccccc2N2CCOCC2)C1. The number of likely N-dealkylation sites (tertiary alicyclic amines) is 1. The summed E-state index contributed by atoms with van der Waals surface area (Å²) in [6, 6.07) is 7.91.